The number of ether oxygens (including phenoxy) is 1. The summed E-state index contributed by atoms with van der Waals surface area (Å²) in [5.41, 5.74) is 0. The largest absolute Gasteiger partial charge is 0.378 e. The van der Waals surface area contributed by atoms with Crippen molar-refractivity contribution < 1.29 is 13.2 Å². The van der Waals surface area contributed by atoms with Crippen LogP contribution in [0.4, 0.5) is 0 Å². The molecule has 0 amide bonds. The molecule has 0 aromatic heterocycles. The number of halogens is 1. The van der Waals surface area contributed by atoms with E-state index in [9.17, 15) is 8.42 Å². The first-order chi connectivity index (χ1) is 7.61. The lowest BCUT2D eigenvalue weighted by molar-refractivity contribution is 0.0853. The van der Waals surface area contributed by atoms with E-state index in [1.807, 2.05) is 0 Å². The van der Waals surface area contributed by atoms with Gasteiger partial charge in [-0.05, 0) is 37.5 Å². The van der Waals surface area contributed by atoms with Crippen molar-refractivity contribution >= 4 is 25.8 Å². The molecule has 16 heavy (non-hydrogen) atoms. The molecule has 2 saturated heterocycles. The Morgan fingerprint density at radius 3 is 2.69 bits per heavy atom. The van der Waals surface area contributed by atoms with Gasteiger partial charge in [0.15, 0.2) is 9.84 Å². The SMILES string of the molecule is O=S1(=O)CCC(C(CBr)CC2CCCO2)C1. The molecule has 0 spiro atoms. The van der Waals surface area contributed by atoms with Crippen molar-refractivity contribution in [2.75, 3.05) is 23.4 Å². The van der Waals surface area contributed by atoms with Crippen LogP contribution in [0.15, 0.2) is 0 Å². The molecule has 0 saturated carbocycles. The molecule has 94 valence electrons. The summed E-state index contributed by atoms with van der Waals surface area (Å²) >= 11 is 3.52. The smallest absolute Gasteiger partial charge is 0.150 e. The molecule has 0 N–H and O–H groups in total. The van der Waals surface area contributed by atoms with Gasteiger partial charge in [0, 0.05) is 11.9 Å². The van der Waals surface area contributed by atoms with Gasteiger partial charge in [-0.15, -0.1) is 0 Å². The zero-order chi connectivity index (χ0) is 11.6. The van der Waals surface area contributed by atoms with E-state index in [1.54, 1.807) is 0 Å². The molecule has 3 nitrogen and oxygen atoms in total. The Kier molecular flexibility index (Phi) is 4.30. The Hall–Kier alpha value is 0.390. The molecule has 0 radical (unpaired) electrons. The van der Waals surface area contributed by atoms with E-state index < -0.39 is 9.84 Å². The van der Waals surface area contributed by atoms with Crippen LogP contribution in [0.25, 0.3) is 0 Å². The Bertz CT molecular complexity index is 322. The van der Waals surface area contributed by atoms with Crippen molar-refractivity contribution in [2.24, 2.45) is 11.8 Å². The van der Waals surface area contributed by atoms with Gasteiger partial charge < -0.3 is 4.74 Å². The van der Waals surface area contributed by atoms with Crippen molar-refractivity contribution in [2.45, 2.75) is 31.8 Å². The number of hydrogen-bond donors (Lipinski definition) is 0. The normalized spacial score (nSPS) is 35.3. The molecule has 0 aromatic rings. The van der Waals surface area contributed by atoms with Gasteiger partial charge in [0.2, 0.25) is 0 Å². The van der Waals surface area contributed by atoms with E-state index in [2.05, 4.69) is 15.9 Å². The monoisotopic (exact) mass is 310 g/mol. The third-order valence-corrected chi connectivity index (χ3v) is 6.35. The highest BCUT2D eigenvalue weighted by Crippen LogP contribution is 2.32. The van der Waals surface area contributed by atoms with Crippen LogP contribution in [0.1, 0.15) is 25.7 Å². The third kappa shape index (κ3) is 3.20. The van der Waals surface area contributed by atoms with Crippen LogP contribution in [0.5, 0.6) is 0 Å². The molecule has 0 aliphatic carbocycles. The summed E-state index contributed by atoms with van der Waals surface area (Å²) in [5, 5.41) is 0.896. The second-order valence-corrected chi connectivity index (χ2v) is 7.82. The first kappa shape index (κ1) is 12.8. The number of hydrogen-bond acceptors (Lipinski definition) is 3. The Morgan fingerprint density at radius 1 is 1.38 bits per heavy atom. The van der Waals surface area contributed by atoms with Crippen molar-refractivity contribution in [3.63, 3.8) is 0 Å². The molecule has 2 aliphatic heterocycles. The summed E-state index contributed by atoms with van der Waals surface area (Å²) in [6.07, 6.45) is 4.52. The van der Waals surface area contributed by atoms with Gasteiger partial charge in [-0.2, -0.15) is 0 Å². The minimum Gasteiger partial charge on any atom is -0.378 e. The Morgan fingerprint density at radius 2 is 2.19 bits per heavy atom. The van der Waals surface area contributed by atoms with E-state index in [0.717, 1.165) is 37.6 Å². The summed E-state index contributed by atoms with van der Waals surface area (Å²) in [6, 6.07) is 0. The van der Waals surface area contributed by atoms with Gasteiger partial charge in [-0.3, -0.25) is 0 Å². The fraction of sp³-hybridized carbons (Fsp3) is 1.00. The average molecular weight is 311 g/mol. The summed E-state index contributed by atoms with van der Waals surface area (Å²) in [4.78, 5) is 0. The first-order valence-corrected chi connectivity index (χ1v) is 8.93. The van der Waals surface area contributed by atoms with Gasteiger partial charge in [0.1, 0.15) is 0 Å². The van der Waals surface area contributed by atoms with E-state index in [-0.39, 0.29) is 0 Å². The maximum absolute atomic E-state index is 11.5. The van der Waals surface area contributed by atoms with E-state index in [0.29, 0.717) is 29.4 Å². The van der Waals surface area contributed by atoms with Crippen LogP contribution in [0.2, 0.25) is 0 Å². The summed E-state index contributed by atoms with van der Waals surface area (Å²) < 4.78 is 28.5. The molecule has 3 atom stereocenters. The molecule has 2 heterocycles. The maximum Gasteiger partial charge on any atom is 0.150 e. The van der Waals surface area contributed by atoms with Gasteiger partial charge in [-0.1, -0.05) is 15.9 Å². The van der Waals surface area contributed by atoms with Crippen LogP contribution in [-0.4, -0.2) is 38.0 Å². The van der Waals surface area contributed by atoms with Gasteiger partial charge >= 0.3 is 0 Å². The highest BCUT2D eigenvalue weighted by atomic mass is 79.9. The Labute approximate surface area is 106 Å². The molecule has 2 fully saturated rings. The number of alkyl halides is 1. The topological polar surface area (TPSA) is 43.4 Å². The van der Waals surface area contributed by atoms with Crippen LogP contribution in [0.3, 0.4) is 0 Å². The third-order valence-electron chi connectivity index (χ3n) is 3.72. The van der Waals surface area contributed by atoms with Crippen molar-refractivity contribution in [1.82, 2.24) is 0 Å². The molecule has 5 heteroatoms. The molecule has 0 aromatic carbocycles. The minimum absolute atomic E-state index is 0.341. The average Bonchev–Trinajstić information content (AvgIpc) is 2.83. The molecule has 2 rings (SSSR count). The van der Waals surface area contributed by atoms with Crippen LogP contribution < -0.4 is 0 Å². The quantitative estimate of drug-likeness (QED) is 0.746. The summed E-state index contributed by atoms with van der Waals surface area (Å²) in [5.74, 6) is 1.57. The second kappa shape index (κ2) is 5.36. The highest BCUT2D eigenvalue weighted by molar-refractivity contribution is 9.09. The first-order valence-electron chi connectivity index (χ1n) is 5.99. The van der Waals surface area contributed by atoms with Gasteiger partial charge in [-0.25, -0.2) is 8.42 Å². The molecular weight excluding hydrogens is 292 g/mol. The minimum atomic E-state index is -2.75. The summed E-state index contributed by atoms with van der Waals surface area (Å²) in [6.45, 7) is 0.878. The molecular formula is C11H19BrO3S. The van der Waals surface area contributed by atoms with Gasteiger partial charge in [0.05, 0.1) is 17.6 Å². The zero-order valence-corrected chi connectivity index (χ0v) is 11.8. The lowest BCUT2D eigenvalue weighted by Gasteiger charge is -2.23. The van der Waals surface area contributed by atoms with Crippen molar-refractivity contribution in [1.29, 1.82) is 0 Å². The van der Waals surface area contributed by atoms with Crippen molar-refractivity contribution in [3.05, 3.63) is 0 Å². The van der Waals surface area contributed by atoms with Crippen LogP contribution >= 0.6 is 15.9 Å². The van der Waals surface area contributed by atoms with Crippen LogP contribution in [0, 0.1) is 11.8 Å². The predicted molar refractivity (Wildman–Crippen MR) is 67.6 cm³/mol. The standard InChI is InChI=1S/C11H19BrO3S/c12-7-10(6-11-2-1-4-15-11)9-3-5-16(13,14)8-9/h9-11H,1-8H2. The second-order valence-electron chi connectivity index (χ2n) is 4.95. The molecule has 2 aliphatic rings. The van der Waals surface area contributed by atoms with E-state index in [1.165, 1.54) is 0 Å². The lowest BCUT2D eigenvalue weighted by atomic mass is 9.88. The molecule has 0 bridgehead atoms. The number of sulfone groups is 1. The maximum atomic E-state index is 11.5. The summed E-state index contributed by atoms with van der Waals surface area (Å²) in [7, 11) is -2.75. The van der Waals surface area contributed by atoms with Gasteiger partial charge in [0.25, 0.3) is 0 Å². The molecule has 3 unspecified atom stereocenters. The predicted octanol–water partition coefficient (Wildman–Crippen LogP) is 2.00. The van der Waals surface area contributed by atoms with Crippen molar-refractivity contribution in [3.8, 4) is 0 Å². The zero-order valence-electron chi connectivity index (χ0n) is 9.40. The lowest BCUT2D eigenvalue weighted by Crippen LogP contribution is -2.23. The fourth-order valence-electron chi connectivity index (χ4n) is 2.74. The highest BCUT2D eigenvalue weighted by Gasteiger charge is 2.34. The van der Waals surface area contributed by atoms with E-state index >= 15 is 0 Å². The number of rotatable bonds is 4. The van der Waals surface area contributed by atoms with E-state index in [4.69, 9.17) is 4.74 Å². The van der Waals surface area contributed by atoms with Crippen LogP contribution in [-0.2, 0) is 14.6 Å². The fourth-order valence-corrected chi connectivity index (χ4v) is 5.46. The Balaban J connectivity index is 1.89.